The van der Waals surface area contributed by atoms with Crippen molar-refractivity contribution in [1.82, 2.24) is 9.55 Å². The molecule has 2 N–H and O–H groups in total. The van der Waals surface area contributed by atoms with E-state index in [1.807, 2.05) is 12.5 Å². The van der Waals surface area contributed by atoms with Crippen LogP contribution in [0.3, 0.4) is 0 Å². The van der Waals surface area contributed by atoms with Crippen LogP contribution in [0.2, 0.25) is 0 Å². The number of ether oxygens (including phenoxy) is 1. The lowest BCUT2D eigenvalue weighted by Crippen LogP contribution is -2.25. The summed E-state index contributed by atoms with van der Waals surface area (Å²) in [5, 5.41) is 0. The minimum absolute atomic E-state index is 0.0457. The quantitative estimate of drug-likeness (QED) is 0.860. The lowest BCUT2D eigenvalue weighted by molar-refractivity contribution is 0.180. The molecule has 0 amide bonds. The Labute approximate surface area is 116 Å². The highest BCUT2D eigenvalue weighted by molar-refractivity contribution is 5.08. The molecule has 0 spiro atoms. The second-order valence-corrected chi connectivity index (χ2v) is 5.97. The summed E-state index contributed by atoms with van der Waals surface area (Å²) in [5.41, 5.74) is 7.56. The average Bonchev–Trinajstić information content (AvgIpc) is 3.08. The Morgan fingerprint density at radius 2 is 2.32 bits per heavy atom. The molecule has 0 aromatic carbocycles. The fraction of sp³-hybridized carbons (Fsp3) is 0.800. The van der Waals surface area contributed by atoms with Crippen LogP contribution in [0.1, 0.15) is 57.8 Å². The highest BCUT2D eigenvalue weighted by Gasteiger charge is 2.27. The Balaban J connectivity index is 2.07. The zero-order chi connectivity index (χ0) is 13.8. The maximum absolute atomic E-state index is 6.41. The van der Waals surface area contributed by atoms with Gasteiger partial charge in [0.25, 0.3) is 0 Å². The first kappa shape index (κ1) is 14.5. The fourth-order valence-corrected chi connectivity index (χ4v) is 2.88. The predicted molar refractivity (Wildman–Crippen MR) is 76.9 cm³/mol. The SMILES string of the molecule is CCC(C)CC(C)n1cncc1C(N)C1CCOC1. The summed E-state index contributed by atoms with van der Waals surface area (Å²) >= 11 is 0. The first-order valence-electron chi connectivity index (χ1n) is 7.48. The number of hydrogen-bond acceptors (Lipinski definition) is 3. The molecule has 1 aromatic heterocycles. The normalized spacial score (nSPS) is 24.3. The average molecular weight is 265 g/mol. The highest BCUT2D eigenvalue weighted by Crippen LogP contribution is 2.29. The van der Waals surface area contributed by atoms with Crippen molar-refractivity contribution in [2.24, 2.45) is 17.6 Å². The number of hydrogen-bond donors (Lipinski definition) is 1. The van der Waals surface area contributed by atoms with Gasteiger partial charge in [0.1, 0.15) is 0 Å². The largest absolute Gasteiger partial charge is 0.381 e. The van der Waals surface area contributed by atoms with Crippen molar-refractivity contribution >= 4 is 0 Å². The van der Waals surface area contributed by atoms with Crippen LogP contribution in [-0.4, -0.2) is 22.8 Å². The molecule has 108 valence electrons. The highest BCUT2D eigenvalue weighted by atomic mass is 16.5. The third-order valence-electron chi connectivity index (χ3n) is 4.43. The zero-order valence-electron chi connectivity index (χ0n) is 12.4. The van der Waals surface area contributed by atoms with E-state index in [0.29, 0.717) is 12.0 Å². The van der Waals surface area contributed by atoms with Crippen molar-refractivity contribution in [2.75, 3.05) is 13.2 Å². The van der Waals surface area contributed by atoms with Crippen LogP contribution >= 0.6 is 0 Å². The van der Waals surface area contributed by atoms with Gasteiger partial charge in [0.2, 0.25) is 0 Å². The molecule has 0 bridgehead atoms. The lowest BCUT2D eigenvalue weighted by Gasteiger charge is -2.24. The summed E-state index contributed by atoms with van der Waals surface area (Å²) in [6, 6.07) is 0.505. The van der Waals surface area contributed by atoms with Crippen LogP contribution in [-0.2, 0) is 4.74 Å². The summed E-state index contributed by atoms with van der Waals surface area (Å²) in [6.45, 7) is 8.43. The second-order valence-electron chi connectivity index (χ2n) is 5.97. The maximum atomic E-state index is 6.41. The van der Waals surface area contributed by atoms with E-state index in [1.165, 1.54) is 12.8 Å². The van der Waals surface area contributed by atoms with Crippen LogP contribution in [0.15, 0.2) is 12.5 Å². The molecule has 0 radical (unpaired) electrons. The minimum Gasteiger partial charge on any atom is -0.381 e. The molecule has 0 saturated carbocycles. The van der Waals surface area contributed by atoms with Gasteiger partial charge in [0.05, 0.1) is 24.7 Å². The maximum Gasteiger partial charge on any atom is 0.0951 e. The molecular formula is C15H27N3O. The van der Waals surface area contributed by atoms with E-state index < -0.39 is 0 Å². The summed E-state index contributed by atoms with van der Waals surface area (Å²) in [7, 11) is 0. The molecule has 1 aliphatic rings. The van der Waals surface area contributed by atoms with Crippen molar-refractivity contribution in [3.05, 3.63) is 18.2 Å². The van der Waals surface area contributed by atoms with Gasteiger partial charge in [0.15, 0.2) is 0 Å². The van der Waals surface area contributed by atoms with E-state index in [9.17, 15) is 0 Å². The Morgan fingerprint density at radius 3 is 2.95 bits per heavy atom. The molecule has 1 aliphatic heterocycles. The number of nitrogens with zero attached hydrogens (tertiary/aromatic N) is 2. The van der Waals surface area contributed by atoms with Crippen LogP contribution in [0.25, 0.3) is 0 Å². The Kier molecular flexibility index (Phi) is 4.99. The van der Waals surface area contributed by atoms with Crippen molar-refractivity contribution in [2.45, 2.75) is 52.1 Å². The molecule has 4 atom stereocenters. The standard InChI is InChI=1S/C15H27N3O/c1-4-11(2)7-12(3)18-10-17-8-14(18)15(16)13-5-6-19-9-13/h8,10-13,15H,4-7,9,16H2,1-3H3. The first-order chi connectivity index (χ1) is 9.13. The van der Waals surface area contributed by atoms with Gasteiger partial charge in [-0.25, -0.2) is 4.98 Å². The Bertz CT molecular complexity index is 384. The Morgan fingerprint density at radius 1 is 1.53 bits per heavy atom. The van der Waals surface area contributed by atoms with E-state index in [1.54, 1.807) is 0 Å². The summed E-state index contributed by atoms with van der Waals surface area (Å²) < 4.78 is 7.71. The first-order valence-corrected chi connectivity index (χ1v) is 7.48. The van der Waals surface area contributed by atoms with Crippen molar-refractivity contribution in [3.63, 3.8) is 0 Å². The zero-order valence-corrected chi connectivity index (χ0v) is 12.4. The van der Waals surface area contributed by atoms with Crippen molar-refractivity contribution < 1.29 is 4.74 Å². The summed E-state index contributed by atoms with van der Waals surface area (Å²) in [5.74, 6) is 1.17. The summed E-state index contributed by atoms with van der Waals surface area (Å²) in [4.78, 5) is 4.31. The minimum atomic E-state index is 0.0457. The van der Waals surface area contributed by atoms with E-state index in [4.69, 9.17) is 10.5 Å². The molecule has 1 aromatic rings. The van der Waals surface area contributed by atoms with Crippen LogP contribution < -0.4 is 5.73 Å². The molecular weight excluding hydrogens is 238 g/mol. The number of aromatic nitrogens is 2. The van der Waals surface area contributed by atoms with Gasteiger partial charge < -0.3 is 15.0 Å². The van der Waals surface area contributed by atoms with E-state index in [0.717, 1.165) is 31.2 Å². The van der Waals surface area contributed by atoms with Crippen LogP contribution in [0.4, 0.5) is 0 Å². The molecule has 2 rings (SSSR count). The van der Waals surface area contributed by atoms with Gasteiger partial charge in [-0.15, -0.1) is 0 Å². The third-order valence-corrected chi connectivity index (χ3v) is 4.43. The smallest absolute Gasteiger partial charge is 0.0951 e. The van der Waals surface area contributed by atoms with Gasteiger partial charge in [-0.1, -0.05) is 20.3 Å². The molecule has 1 saturated heterocycles. The van der Waals surface area contributed by atoms with E-state index in [-0.39, 0.29) is 6.04 Å². The molecule has 4 unspecified atom stereocenters. The van der Waals surface area contributed by atoms with Crippen molar-refractivity contribution in [1.29, 1.82) is 0 Å². The number of nitrogens with two attached hydrogens (primary N) is 1. The van der Waals surface area contributed by atoms with E-state index in [2.05, 4.69) is 30.3 Å². The topological polar surface area (TPSA) is 53.1 Å². The fourth-order valence-electron chi connectivity index (χ4n) is 2.88. The van der Waals surface area contributed by atoms with Gasteiger partial charge in [0, 0.05) is 24.8 Å². The molecule has 19 heavy (non-hydrogen) atoms. The molecule has 0 aliphatic carbocycles. The number of imidazole rings is 1. The predicted octanol–water partition coefficient (Wildman–Crippen LogP) is 2.92. The third kappa shape index (κ3) is 3.37. The lowest BCUT2D eigenvalue weighted by atomic mass is 9.96. The monoisotopic (exact) mass is 265 g/mol. The van der Waals surface area contributed by atoms with Crippen LogP contribution in [0.5, 0.6) is 0 Å². The summed E-state index contributed by atoms with van der Waals surface area (Å²) in [6.07, 6.45) is 7.31. The number of rotatable bonds is 6. The molecule has 2 heterocycles. The molecule has 4 heteroatoms. The van der Waals surface area contributed by atoms with E-state index >= 15 is 0 Å². The van der Waals surface area contributed by atoms with Gasteiger partial charge in [-0.3, -0.25) is 0 Å². The van der Waals surface area contributed by atoms with Crippen molar-refractivity contribution in [3.8, 4) is 0 Å². The molecule has 4 nitrogen and oxygen atoms in total. The van der Waals surface area contributed by atoms with Crippen LogP contribution in [0, 0.1) is 11.8 Å². The van der Waals surface area contributed by atoms with Gasteiger partial charge in [-0.2, -0.15) is 0 Å². The Hall–Kier alpha value is -0.870. The second kappa shape index (κ2) is 6.53. The molecule has 1 fully saturated rings. The van der Waals surface area contributed by atoms with Gasteiger partial charge >= 0.3 is 0 Å². The van der Waals surface area contributed by atoms with Gasteiger partial charge in [-0.05, 0) is 25.7 Å².